The molecule has 0 amide bonds. The molecule has 1 fully saturated rings. The monoisotopic (exact) mass is 362 g/mol. The Balaban J connectivity index is 0.00000182. The largest absolute Gasteiger partial charge is 0.390 e. The van der Waals surface area contributed by atoms with Crippen LogP contribution >= 0.6 is 12.4 Å². The van der Waals surface area contributed by atoms with E-state index >= 15 is 0 Å². The second kappa shape index (κ2) is 8.11. The number of hydrogen-bond acceptors (Lipinski definition) is 2. The van der Waals surface area contributed by atoms with Gasteiger partial charge >= 0.3 is 0 Å². The maximum absolute atomic E-state index is 10.7. The van der Waals surface area contributed by atoms with E-state index < -0.39 is 0 Å². The summed E-state index contributed by atoms with van der Waals surface area (Å²) in [5.74, 6) is 0. The van der Waals surface area contributed by atoms with Crippen LogP contribution in [-0.2, 0) is 19.4 Å². The molecule has 0 saturated carbocycles. The topological polar surface area (TPSA) is 28.4 Å². The fraction of sp³-hybridized carbons (Fsp3) is 0.619. The third-order valence-electron chi connectivity index (χ3n) is 5.84. The fourth-order valence-corrected chi connectivity index (χ4v) is 4.67. The van der Waals surface area contributed by atoms with Crippen molar-refractivity contribution >= 4 is 23.3 Å². The van der Waals surface area contributed by atoms with Crippen LogP contribution in [0.1, 0.15) is 48.9 Å². The van der Waals surface area contributed by atoms with E-state index in [1.54, 1.807) is 5.56 Å². The highest BCUT2D eigenvalue weighted by molar-refractivity contribution is 5.86. The van der Waals surface area contributed by atoms with Crippen LogP contribution in [0, 0.1) is 6.92 Å². The Bertz CT molecular complexity index is 718. The van der Waals surface area contributed by atoms with Gasteiger partial charge in [-0.25, -0.2) is 0 Å². The van der Waals surface area contributed by atoms with Gasteiger partial charge in [-0.3, -0.25) is 0 Å². The molecule has 0 radical (unpaired) electrons. The normalized spacial score (nSPS) is 19.4. The van der Waals surface area contributed by atoms with Crippen LogP contribution in [-0.4, -0.2) is 40.3 Å². The van der Waals surface area contributed by atoms with Crippen LogP contribution < -0.4 is 0 Å². The van der Waals surface area contributed by atoms with Crippen molar-refractivity contribution in [1.82, 2.24) is 9.47 Å². The smallest absolute Gasteiger partial charge is 0.0845 e. The number of aliphatic hydroxyl groups is 1. The first kappa shape index (κ1) is 18.8. The van der Waals surface area contributed by atoms with Crippen molar-refractivity contribution < 1.29 is 5.11 Å². The molecule has 2 heterocycles. The lowest BCUT2D eigenvalue weighted by Gasteiger charge is -2.29. The third kappa shape index (κ3) is 3.89. The van der Waals surface area contributed by atoms with Crippen molar-refractivity contribution in [3.8, 4) is 0 Å². The molecule has 0 spiro atoms. The summed E-state index contributed by atoms with van der Waals surface area (Å²) >= 11 is 0. The van der Waals surface area contributed by atoms with Crippen LogP contribution in [0.15, 0.2) is 18.2 Å². The highest BCUT2D eigenvalue weighted by Crippen LogP contribution is 2.33. The van der Waals surface area contributed by atoms with E-state index in [1.165, 1.54) is 67.1 Å². The third-order valence-corrected chi connectivity index (χ3v) is 5.84. The molecule has 1 saturated heterocycles. The second-order valence-corrected chi connectivity index (χ2v) is 7.78. The van der Waals surface area contributed by atoms with E-state index in [0.717, 1.165) is 26.2 Å². The number of aromatic nitrogens is 1. The minimum Gasteiger partial charge on any atom is -0.390 e. The summed E-state index contributed by atoms with van der Waals surface area (Å²) in [4.78, 5) is 2.44. The molecule has 0 bridgehead atoms. The van der Waals surface area contributed by atoms with Crippen molar-refractivity contribution in [2.24, 2.45) is 0 Å². The number of nitrogens with zero attached hydrogens (tertiary/aromatic N) is 2. The van der Waals surface area contributed by atoms with E-state index in [1.807, 2.05) is 0 Å². The first-order chi connectivity index (χ1) is 11.7. The Morgan fingerprint density at radius 1 is 1.00 bits per heavy atom. The molecule has 1 unspecified atom stereocenters. The van der Waals surface area contributed by atoms with E-state index in [-0.39, 0.29) is 18.5 Å². The number of fused-ring (bicyclic) bond motifs is 3. The summed E-state index contributed by atoms with van der Waals surface area (Å²) in [6.07, 6.45) is 8.60. The zero-order valence-corrected chi connectivity index (χ0v) is 16.2. The summed E-state index contributed by atoms with van der Waals surface area (Å²) in [7, 11) is 0. The number of halogens is 1. The maximum Gasteiger partial charge on any atom is 0.0845 e. The summed E-state index contributed by atoms with van der Waals surface area (Å²) in [6.45, 7) is 6.05. The lowest BCUT2D eigenvalue weighted by molar-refractivity contribution is 0.0886. The molecule has 138 valence electrons. The molecule has 1 aromatic heterocycles. The summed E-state index contributed by atoms with van der Waals surface area (Å²) in [5, 5.41) is 12.2. The zero-order chi connectivity index (χ0) is 16.5. The number of piperidine rings is 1. The highest BCUT2D eigenvalue weighted by Gasteiger charge is 2.22. The molecule has 2 aliphatic rings. The predicted octanol–water partition coefficient (Wildman–Crippen LogP) is 4.10. The van der Waals surface area contributed by atoms with Crippen molar-refractivity contribution in [1.29, 1.82) is 0 Å². The first-order valence-corrected chi connectivity index (χ1v) is 9.73. The average molecular weight is 363 g/mol. The van der Waals surface area contributed by atoms with E-state index in [0.29, 0.717) is 0 Å². The van der Waals surface area contributed by atoms with Gasteiger partial charge in [0.1, 0.15) is 0 Å². The van der Waals surface area contributed by atoms with Gasteiger partial charge in [0.15, 0.2) is 0 Å². The van der Waals surface area contributed by atoms with Crippen molar-refractivity contribution in [2.45, 2.75) is 64.5 Å². The van der Waals surface area contributed by atoms with Crippen LogP contribution in [0.5, 0.6) is 0 Å². The van der Waals surface area contributed by atoms with E-state index in [4.69, 9.17) is 0 Å². The fourth-order valence-electron chi connectivity index (χ4n) is 4.67. The minimum atomic E-state index is -0.272. The summed E-state index contributed by atoms with van der Waals surface area (Å²) in [5.41, 5.74) is 5.69. The first-order valence-electron chi connectivity index (χ1n) is 9.73. The molecule has 4 rings (SSSR count). The van der Waals surface area contributed by atoms with Gasteiger partial charge in [0.05, 0.1) is 12.6 Å². The molecule has 3 nitrogen and oxygen atoms in total. The van der Waals surface area contributed by atoms with E-state index in [2.05, 4.69) is 34.6 Å². The van der Waals surface area contributed by atoms with Crippen molar-refractivity contribution in [3.05, 3.63) is 35.0 Å². The number of β-amino-alcohol motifs (C(OH)–C–C–N with tert-alkyl or cyclic N) is 1. The highest BCUT2D eigenvalue weighted by atomic mass is 35.5. The van der Waals surface area contributed by atoms with Gasteiger partial charge in [0.2, 0.25) is 0 Å². The lowest BCUT2D eigenvalue weighted by atomic mass is 9.95. The molecule has 1 aromatic carbocycles. The molecule has 1 aliphatic carbocycles. The lowest BCUT2D eigenvalue weighted by Crippen LogP contribution is -2.38. The molecule has 1 atom stereocenters. The number of aliphatic hydroxyl groups excluding tert-OH is 1. The average Bonchev–Trinajstić information content (AvgIpc) is 2.89. The molecule has 2 aromatic rings. The predicted molar refractivity (Wildman–Crippen MR) is 107 cm³/mol. The van der Waals surface area contributed by atoms with Gasteiger partial charge in [-0.1, -0.05) is 18.1 Å². The number of rotatable bonds is 4. The molecular weight excluding hydrogens is 332 g/mol. The Kier molecular flexibility index (Phi) is 6.08. The van der Waals surface area contributed by atoms with Gasteiger partial charge < -0.3 is 14.6 Å². The van der Waals surface area contributed by atoms with Crippen LogP contribution in [0.3, 0.4) is 0 Å². The maximum atomic E-state index is 10.7. The van der Waals surface area contributed by atoms with E-state index in [9.17, 15) is 5.11 Å². The van der Waals surface area contributed by atoms with Crippen LogP contribution in [0.25, 0.3) is 10.9 Å². The number of benzene rings is 1. The van der Waals surface area contributed by atoms with Crippen molar-refractivity contribution in [2.75, 3.05) is 19.6 Å². The molecule has 4 heteroatoms. The Morgan fingerprint density at radius 3 is 2.56 bits per heavy atom. The second-order valence-electron chi connectivity index (χ2n) is 7.78. The summed E-state index contributed by atoms with van der Waals surface area (Å²) in [6, 6.07) is 6.81. The summed E-state index contributed by atoms with van der Waals surface area (Å²) < 4.78 is 2.43. The Labute approximate surface area is 157 Å². The quantitative estimate of drug-likeness (QED) is 0.887. The number of aryl methyl sites for hydroxylation is 2. The number of hydrogen-bond donors (Lipinski definition) is 1. The molecule has 25 heavy (non-hydrogen) atoms. The SMILES string of the molecule is Cc1ccc2c(c1)c1c(n2CC(O)CN2CCCCC2)CCCC1.Cl. The standard InChI is InChI=1S/C21H30N2O.ClH/c1-16-9-10-21-19(13-16)18-7-3-4-8-20(18)23(21)15-17(24)14-22-11-5-2-6-12-22;/h9-10,13,17,24H,2-8,11-12,14-15H2,1H3;1H. The molecular formula is C21H31ClN2O. The Morgan fingerprint density at radius 2 is 1.76 bits per heavy atom. The Hall–Kier alpha value is -1.03. The van der Waals surface area contributed by atoms with Gasteiger partial charge in [0, 0.05) is 23.1 Å². The van der Waals surface area contributed by atoms with Crippen LogP contribution in [0.2, 0.25) is 0 Å². The molecule has 1 aliphatic heterocycles. The van der Waals surface area contributed by atoms with Gasteiger partial charge in [-0.15, -0.1) is 12.4 Å². The zero-order valence-electron chi connectivity index (χ0n) is 15.3. The van der Waals surface area contributed by atoms with Crippen molar-refractivity contribution in [3.63, 3.8) is 0 Å². The number of likely N-dealkylation sites (tertiary alicyclic amines) is 1. The minimum absolute atomic E-state index is 0. The van der Waals surface area contributed by atoms with Gasteiger partial charge in [0.25, 0.3) is 0 Å². The van der Waals surface area contributed by atoms with Gasteiger partial charge in [-0.05, 0) is 76.2 Å². The van der Waals surface area contributed by atoms with Gasteiger partial charge in [-0.2, -0.15) is 0 Å². The van der Waals surface area contributed by atoms with Crippen LogP contribution in [0.4, 0.5) is 0 Å². The molecule has 1 N–H and O–H groups in total.